The van der Waals surface area contributed by atoms with E-state index < -0.39 is 34.8 Å². The minimum atomic E-state index is -4.14. The zero-order valence-corrected chi connectivity index (χ0v) is 23.2. The van der Waals surface area contributed by atoms with Crippen molar-refractivity contribution < 1.29 is 31.9 Å². The Morgan fingerprint density at radius 2 is 1.76 bits per heavy atom. The van der Waals surface area contributed by atoms with Crippen molar-refractivity contribution in [2.75, 3.05) is 32.8 Å². The predicted octanol–water partition coefficient (Wildman–Crippen LogP) is 5.19. The molecule has 5 rings (SSSR count). The number of piperidine rings is 1. The summed E-state index contributed by atoms with van der Waals surface area (Å²) >= 11 is 0. The number of hydrogen-bond acceptors (Lipinski definition) is 5. The lowest BCUT2D eigenvalue weighted by Crippen LogP contribution is -2.54. The van der Waals surface area contributed by atoms with E-state index in [4.69, 9.17) is 10.5 Å². The summed E-state index contributed by atoms with van der Waals surface area (Å²) in [5.41, 5.74) is 3.91. The number of nitrogens with two attached hydrogens (primary N) is 1. The highest BCUT2D eigenvalue weighted by molar-refractivity contribution is 5.99. The zero-order chi connectivity index (χ0) is 29.4. The first kappa shape index (κ1) is 29.3. The molecule has 1 aromatic heterocycles. The van der Waals surface area contributed by atoms with Crippen LogP contribution in [0.15, 0.2) is 36.5 Å². The number of likely N-dealkylation sites (tertiary alicyclic amines) is 2. The second-order valence-corrected chi connectivity index (χ2v) is 11.9. The minimum absolute atomic E-state index is 0.0911. The number of aromatic nitrogens is 1. The van der Waals surface area contributed by atoms with Crippen LogP contribution in [0.5, 0.6) is 5.88 Å². The van der Waals surface area contributed by atoms with Gasteiger partial charge in [0, 0.05) is 30.9 Å². The van der Waals surface area contributed by atoms with Gasteiger partial charge in [-0.25, -0.2) is 9.37 Å². The molecule has 1 saturated carbocycles. The maximum Gasteiger partial charge on any atom is 0.395 e. The molecule has 41 heavy (non-hydrogen) atoms. The molecule has 0 spiro atoms. The maximum absolute atomic E-state index is 15.0. The Morgan fingerprint density at radius 3 is 2.32 bits per heavy atom. The van der Waals surface area contributed by atoms with E-state index in [9.17, 15) is 22.8 Å². The number of carbonyl (C=O) groups is 2. The molecule has 2 aliphatic heterocycles. The standard InChI is InChI=1S/C30H36F4N4O3/c1-28(27(35)40)10-3-13-38(28)26(39)23-6-4-21(16-24(23)31)22-5-7-25(36-17-22)41-18-20-8-14-37(15-9-20)19-29(11-2-12-29)30(32,33)34/h4-7,16-17,20H,2-3,8-15,18-19H2,1H3,(H2,35,40)/t28-/m0/s1. The third-order valence-corrected chi connectivity index (χ3v) is 9.30. The Labute approximate surface area is 237 Å². The lowest BCUT2D eigenvalue weighted by molar-refractivity contribution is -0.256. The third-order valence-electron chi connectivity index (χ3n) is 9.30. The van der Waals surface area contributed by atoms with Gasteiger partial charge in [-0.3, -0.25) is 9.59 Å². The van der Waals surface area contributed by atoms with Crippen LogP contribution < -0.4 is 10.5 Å². The van der Waals surface area contributed by atoms with Crippen molar-refractivity contribution in [2.45, 2.75) is 63.6 Å². The second kappa shape index (κ2) is 11.2. The summed E-state index contributed by atoms with van der Waals surface area (Å²) in [5, 5.41) is 0. The number of pyridine rings is 1. The van der Waals surface area contributed by atoms with Gasteiger partial charge in [0.05, 0.1) is 17.6 Å². The molecule has 2 saturated heterocycles. The van der Waals surface area contributed by atoms with E-state index in [0.717, 1.165) is 12.8 Å². The van der Waals surface area contributed by atoms with Gasteiger partial charge in [0.25, 0.3) is 5.91 Å². The van der Waals surface area contributed by atoms with Crippen LogP contribution in [0.4, 0.5) is 17.6 Å². The molecular formula is C30H36F4N4O3. The smallest absolute Gasteiger partial charge is 0.395 e. The van der Waals surface area contributed by atoms with Crippen molar-refractivity contribution in [3.05, 3.63) is 47.9 Å². The lowest BCUT2D eigenvalue weighted by Gasteiger charge is -2.47. The van der Waals surface area contributed by atoms with Crippen LogP contribution in [0.25, 0.3) is 11.1 Å². The first-order valence-corrected chi connectivity index (χ1v) is 14.2. The Bertz CT molecular complexity index is 1270. The van der Waals surface area contributed by atoms with Gasteiger partial charge >= 0.3 is 6.18 Å². The number of amides is 2. The molecule has 3 aliphatic rings. The van der Waals surface area contributed by atoms with Crippen LogP contribution in [0.3, 0.4) is 0 Å². The molecule has 11 heteroatoms. The van der Waals surface area contributed by atoms with Gasteiger partial charge in [-0.05, 0) is 88.2 Å². The van der Waals surface area contributed by atoms with Crippen LogP contribution in [-0.2, 0) is 4.79 Å². The van der Waals surface area contributed by atoms with E-state index in [1.54, 1.807) is 31.3 Å². The normalized spacial score (nSPS) is 23.3. The van der Waals surface area contributed by atoms with Gasteiger partial charge in [-0.1, -0.05) is 12.5 Å². The first-order chi connectivity index (χ1) is 19.4. The molecule has 2 amide bonds. The highest BCUT2D eigenvalue weighted by atomic mass is 19.4. The number of alkyl halides is 3. The number of carbonyl (C=O) groups excluding carboxylic acids is 2. The summed E-state index contributed by atoms with van der Waals surface area (Å²) in [6, 6.07) is 7.74. The second-order valence-electron chi connectivity index (χ2n) is 11.9. The fraction of sp³-hybridized carbons (Fsp3) is 0.567. The largest absolute Gasteiger partial charge is 0.477 e. The van der Waals surface area contributed by atoms with Crippen LogP contribution in [0.2, 0.25) is 0 Å². The average Bonchev–Trinajstić information content (AvgIpc) is 3.32. The molecule has 1 aliphatic carbocycles. The zero-order valence-electron chi connectivity index (χ0n) is 23.2. The van der Waals surface area contributed by atoms with Gasteiger partial charge < -0.3 is 20.3 Å². The summed E-state index contributed by atoms with van der Waals surface area (Å²) in [7, 11) is 0. The molecule has 0 bridgehead atoms. The number of nitrogens with zero attached hydrogens (tertiary/aromatic N) is 3. The summed E-state index contributed by atoms with van der Waals surface area (Å²) in [6.45, 7) is 3.71. The van der Waals surface area contributed by atoms with E-state index in [-0.39, 0.29) is 30.9 Å². The summed E-state index contributed by atoms with van der Waals surface area (Å²) in [4.78, 5) is 32.6. The Morgan fingerprint density at radius 1 is 1.05 bits per heavy atom. The van der Waals surface area contributed by atoms with Gasteiger partial charge in [-0.15, -0.1) is 0 Å². The van der Waals surface area contributed by atoms with Gasteiger partial charge in [0.1, 0.15) is 11.4 Å². The van der Waals surface area contributed by atoms with E-state index in [1.807, 2.05) is 4.90 Å². The molecule has 0 radical (unpaired) electrons. The van der Waals surface area contributed by atoms with E-state index >= 15 is 4.39 Å². The van der Waals surface area contributed by atoms with E-state index in [0.29, 0.717) is 62.5 Å². The topological polar surface area (TPSA) is 88.8 Å². The molecule has 222 valence electrons. The summed E-state index contributed by atoms with van der Waals surface area (Å²) in [5.74, 6) is -1.22. The summed E-state index contributed by atoms with van der Waals surface area (Å²) < 4.78 is 61.4. The SMILES string of the molecule is C[C@@]1(C(N)=O)CCCN1C(=O)c1ccc(-c2ccc(OCC3CCN(CC4(C(F)(F)F)CCC4)CC3)nc2)cc1F. The maximum atomic E-state index is 15.0. The molecule has 3 fully saturated rings. The number of ether oxygens (including phenoxy) is 1. The van der Waals surface area contributed by atoms with Crippen LogP contribution in [-0.4, -0.2) is 71.1 Å². The fourth-order valence-corrected chi connectivity index (χ4v) is 6.27. The highest BCUT2D eigenvalue weighted by Gasteiger charge is 2.58. The number of benzene rings is 1. The van der Waals surface area contributed by atoms with Gasteiger partial charge in [0.15, 0.2) is 0 Å². The molecule has 1 atom stereocenters. The van der Waals surface area contributed by atoms with Gasteiger partial charge in [0.2, 0.25) is 11.8 Å². The lowest BCUT2D eigenvalue weighted by atomic mass is 9.67. The summed E-state index contributed by atoms with van der Waals surface area (Å²) in [6.07, 6.45) is 1.12. The Balaban J connectivity index is 1.13. The predicted molar refractivity (Wildman–Crippen MR) is 144 cm³/mol. The quantitative estimate of drug-likeness (QED) is 0.437. The van der Waals surface area contributed by atoms with Crippen LogP contribution in [0.1, 0.15) is 62.2 Å². The molecule has 2 N–H and O–H groups in total. The average molecular weight is 577 g/mol. The molecule has 2 aromatic rings. The van der Waals surface area contributed by atoms with Crippen LogP contribution in [0, 0.1) is 17.2 Å². The van der Waals surface area contributed by atoms with Gasteiger partial charge in [-0.2, -0.15) is 13.2 Å². The minimum Gasteiger partial charge on any atom is -0.477 e. The molecule has 3 heterocycles. The molecule has 0 unspecified atom stereocenters. The Kier molecular flexibility index (Phi) is 8.02. The first-order valence-electron chi connectivity index (χ1n) is 14.2. The van der Waals surface area contributed by atoms with Crippen molar-refractivity contribution in [3.8, 4) is 17.0 Å². The molecule has 7 nitrogen and oxygen atoms in total. The third kappa shape index (κ3) is 5.78. The number of primary amides is 1. The van der Waals surface area contributed by atoms with Crippen molar-refractivity contribution in [1.29, 1.82) is 0 Å². The van der Waals surface area contributed by atoms with E-state index in [2.05, 4.69) is 4.98 Å². The monoisotopic (exact) mass is 576 g/mol. The van der Waals surface area contributed by atoms with Crippen molar-refractivity contribution in [1.82, 2.24) is 14.8 Å². The van der Waals surface area contributed by atoms with Crippen molar-refractivity contribution >= 4 is 11.8 Å². The van der Waals surface area contributed by atoms with Crippen LogP contribution >= 0.6 is 0 Å². The number of rotatable bonds is 8. The van der Waals surface area contributed by atoms with Crippen molar-refractivity contribution in [2.24, 2.45) is 17.1 Å². The Hall–Kier alpha value is -3.21. The molecule has 1 aromatic carbocycles. The highest BCUT2D eigenvalue weighted by Crippen LogP contribution is 2.53. The van der Waals surface area contributed by atoms with E-state index in [1.165, 1.54) is 17.0 Å². The number of hydrogen-bond donors (Lipinski definition) is 1. The number of halogens is 4. The van der Waals surface area contributed by atoms with Crippen molar-refractivity contribution in [3.63, 3.8) is 0 Å². The fourth-order valence-electron chi connectivity index (χ4n) is 6.27. The molecular weight excluding hydrogens is 540 g/mol.